The van der Waals surface area contributed by atoms with Gasteiger partial charge in [-0.05, 0) is 94.2 Å². The first-order valence-electron chi connectivity index (χ1n) is 21.3. The zero-order chi connectivity index (χ0) is 50.9. The largest absolute Gasteiger partial charge is 0.489 e. The van der Waals surface area contributed by atoms with Crippen LogP contribution in [0.15, 0.2) is 65.9 Å². The molecule has 68 heavy (non-hydrogen) atoms. The number of carboxylic acid groups (broad SMARTS) is 1. The zero-order valence-electron chi connectivity index (χ0n) is 38.3. The highest BCUT2D eigenvalue weighted by atomic mass is 35.5. The fourth-order valence-corrected chi connectivity index (χ4v) is 7.88. The van der Waals surface area contributed by atoms with E-state index in [9.17, 15) is 32.9 Å². The molecule has 0 aromatic heterocycles. The molecule has 4 N–H and O–H groups in total. The molecule has 0 bridgehead atoms. The number of cyclic esters (lactones) is 1. The van der Waals surface area contributed by atoms with Crippen LogP contribution in [-0.2, 0) is 46.1 Å². The van der Waals surface area contributed by atoms with E-state index >= 15 is 0 Å². The Hall–Kier alpha value is -4.49. The molecule has 3 aliphatic rings. The van der Waals surface area contributed by atoms with E-state index in [-0.39, 0.29) is 58.8 Å². The van der Waals surface area contributed by atoms with Crippen LogP contribution in [0.4, 0.5) is 26.2 Å². The molecule has 17 nitrogen and oxygen atoms in total. The Balaban J connectivity index is 0.000000251. The summed E-state index contributed by atoms with van der Waals surface area (Å²) in [6.45, 7) is 9.56. The summed E-state index contributed by atoms with van der Waals surface area (Å²) >= 11 is 23.0. The molecule has 23 heteroatoms. The number of imide groups is 1. The van der Waals surface area contributed by atoms with Gasteiger partial charge in [-0.3, -0.25) is 34.0 Å². The van der Waals surface area contributed by atoms with Gasteiger partial charge in [-0.1, -0.05) is 79.0 Å². The number of halogens is 5. The number of carbonyl (C=O) groups excluding carboxylic acids is 4. The smallest absolute Gasteiger partial charge is 0.427 e. The number of allylic oxidation sites excluding steroid dienone is 1. The number of alkyl halides is 3. The first-order valence-corrected chi connectivity index (χ1v) is 24.8. The lowest BCUT2D eigenvalue weighted by Crippen LogP contribution is -2.47. The fourth-order valence-electron chi connectivity index (χ4n) is 6.92. The summed E-state index contributed by atoms with van der Waals surface area (Å²) in [6, 6.07) is 15.7. The molecule has 1 unspecified atom stereocenters. The highest BCUT2D eigenvalue weighted by Crippen LogP contribution is 2.38. The normalized spacial score (nSPS) is 15.4. The molecule has 2 heterocycles. The molecule has 3 aromatic carbocycles. The van der Waals surface area contributed by atoms with Crippen molar-refractivity contribution in [1.29, 1.82) is 0 Å². The van der Waals surface area contributed by atoms with Crippen LogP contribution in [0, 0.1) is 5.82 Å². The van der Waals surface area contributed by atoms with Crippen molar-refractivity contribution >= 4 is 101 Å². The monoisotopic (exact) mass is 1050 g/mol. The summed E-state index contributed by atoms with van der Waals surface area (Å²) in [4.78, 5) is 77.1. The third-order valence-corrected chi connectivity index (χ3v) is 11.6. The van der Waals surface area contributed by atoms with E-state index in [1.54, 1.807) is 30.8 Å². The maximum atomic E-state index is 14.3. The quantitative estimate of drug-likeness (QED) is 0.0512. The molecule has 0 spiro atoms. The van der Waals surface area contributed by atoms with Crippen molar-refractivity contribution < 1.29 is 66.8 Å². The van der Waals surface area contributed by atoms with Crippen LogP contribution in [-0.4, -0.2) is 101 Å². The Kier molecular flexibility index (Phi) is 23.5. The van der Waals surface area contributed by atoms with E-state index in [0.29, 0.717) is 22.8 Å². The molecule has 6 rings (SSSR count). The Morgan fingerprint density at radius 2 is 1.62 bits per heavy atom. The average Bonchev–Trinajstić information content (AvgIpc) is 3.92. The number of rotatable bonds is 14. The Bertz CT molecular complexity index is 2300. The molecule has 374 valence electrons. The third-order valence-electron chi connectivity index (χ3n) is 10.0. The molecule has 3 aromatic rings. The maximum absolute atomic E-state index is 14.3. The molecule has 2 aliphatic heterocycles. The number of aryl methyl sites for hydroxylation is 2. The molecular formula is C45H56Cl4FN4O13P. The first kappa shape index (κ1) is 57.8. The van der Waals surface area contributed by atoms with Gasteiger partial charge >= 0.3 is 25.6 Å². The van der Waals surface area contributed by atoms with Crippen LogP contribution < -0.4 is 29.5 Å². The number of carboxylic acids is 1. The van der Waals surface area contributed by atoms with Gasteiger partial charge in [0, 0.05) is 13.2 Å². The van der Waals surface area contributed by atoms with Gasteiger partial charge in [0.1, 0.15) is 36.5 Å². The summed E-state index contributed by atoms with van der Waals surface area (Å²) in [5.74, 6) is -2.27. The number of ether oxygens (including phenoxy) is 4. The van der Waals surface area contributed by atoms with Gasteiger partial charge in [-0.25, -0.2) is 14.1 Å². The average molecular weight is 1050 g/mol. The van der Waals surface area contributed by atoms with E-state index < -0.39 is 49.0 Å². The van der Waals surface area contributed by atoms with Crippen molar-refractivity contribution in [2.45, 2.75) is 90.1 Å². The summed E-state index contributed by atoms with van der Waals surface area (Å²) in [7, 11) is -2.52. The second-order valence-corrected chi connectivity index (χ2v) is 18.8. The molecule has 2 fully saturated rings. The van der Waals surface area contributed by atoms with Crippen LogP contribution in [0.2, 0.25) is 5.02 Å². The predicted octanol–water partition coefficient (Wildman–Crippen LogP) is 8.96. The summed E-state index contributed by atoms with van der Waals surface area (Å²) < 4.78 is 45.7. The second kappa shape index (κ2) is 27.6. The van der Waals surface area contributed by atoms with Crippen LogP contribution in [0.25, 0.3) is 0 Å². The van der Waals surface area contributed by atoms with Crippen molar-refractivity contribution in [2.75, 3.05) is 53.9 Å². The standard InChI is InChI=1S/C17H17ClFNO4.C14H20ClNO2.C11H11Cl2NO2.C3H8NO5P/c1-9(2)15-16(21)20(17(22)24-15)13-8-14(11(18)7-12(13)19)23-10-5-3-4-6-10;1-4-11-7-6-8-12(5-2)14(11)16(10-18-3)13(17)9-15;1-7-6-16-9-5-3-2-4-8(9)14(7)11(15)10(12)13;5-3(6)1-4-2-10(7,8)9/h7-8,10H,3-6H2,1-2H3;6-8H,4-5,9-10H2,1-3H3;2-5,7,10H,6H2,1H3;4H,1-2H2,(H,5,6)(H2,7,8,9). The molecule has 0 radical (unpaired) electrons. The van der Waals surface area contributed by atoms with Crippen molar-refractivity contribution in [2.24, 2.45) is 0 Å². The van der Waals surface area contributed by atoms with Gasteiger partial charge in [0.2, 0.25) is 5.91 Å². The number of methoxy groups -OCH3 is 1. The number of para-hydroxylation sites is 3. The number of aliphatic carboxylic acids is 1. The zero-order valence-corrected chi connectivity index (χ0v) is 42.2. The molecule has 1 saturated carbocycles. The van der Waals surface area contributed by atoms with Gasteiger partial charge in [-0.15, -0.1) is 11.6 Å². The number of nitrogens with zero attached hydrogens (tertiary/aromatic N) is 3. The summed E-state index contributed by atoms with van der Waals surface area (Å²) in [5, 5.41) is 10.2. The van der Waals surface area contributed by atoms with Gasteiger partial charge < -0.3 is 38.7 Å². The number of hydrogen-bond donors (Lipinski definition) is 4. The SMILES string of the molecule is CC(C)=C1OC(=O)N(c2cc(OC3CCCC3)c(Cl)cc2F)C1=O.CC1COc2ccccc2N1C(=O)C(Cl)Cl.CCc1cccc(CC)c1N(COC)C(=O)CCl.O=C(O)CNCP(=O)(O)O. The van der Waals surface area contributed by atoms with Crippen molar-refractivity contribution in [1.82, 2.24) is 5.32 Å². The number of anilines is 3. The molecule has 4 amide bonds. The van der Waals surface area contributed by atoms with E-state index in [2.05, 4.69) is 19.2 Å². The van der Waals surface area contributed by atoms with E-state index in [1.807, 2.05) is 49.4 Å². The van der Waals surface area contributed by atoms with Crippen LogP contribution in [0.1, 0.15) is 71.4 Å². The Morgan fingerprint density at radius 1 is 1.00 bits per heavy atom. The minimum atomic E-state index is -4.10. The maximum Gasteiger partial charge on any atom is 0.427 e. The Morgan fingerprint density at radius 3 is 2.13 bits per heavy atom. The minimum Gasteiger partial charge on any atom is -0.489 e. The Labute approximate surface area is 414 Å². The summed E-state index contributed by atoms with van der Waals surface area (Å²) in [5.41, 5.74) is 4.27. The number of nitrogens with one attached hydrogen (secondary N) is 1. The second-order valence-electron chi connectivity index (χ2n) is 15.4. The van der Waals surface area contributed by atoms with Crippen molar-refractivity contribution in [3.8, 4) is 11.5 Å². The van der Waals surface area contributed by atoms with Gasteiger partial charge in [0.15, 0.2) is 10.6 Å². The van der Waals surface area contributed by atoms with Gasteiger partial charge in [0.25, 0.3) is 5.91 Å². The van der Waals surface area contributed by atoms with E-state index in [1.165, 1.54) is 6.07 Å². The molecule has 1 aliphatic carbocycles. The van der Waals surface area contributed by atoms with Crippen LogP contribution in [0.3, 0.4) is 0 Å². The number of hydrogen-bond acceptors (Lipinski definition) is 11. The van der Waals surface area contributed by atoms with Gasteiger partial charge in [-0.2, -0.15) is 0 Å². The van der Waals surface area contributed by atoms with Crippen molar-refractivity contribution in [3.05, 3.63) is 87.9 Å². The lowest BCUT2D eigenvalue weighted by molar-refractivity contribution is -0.136. The highest BCUT2D eigenvalue weighted by Gasteiger charge is 2.40. The molecule has 1 atom stereocenters. The van der Waals surface area contributed by atoms with E-state index in [0.717, 1.165) is 67.1 Å². The first-order chi connectivity index (χ1) is 32.1. The summed E-state index contributed by atoms with van der Waals surface area (Å²) in [6.07, 6.45) is 4.15. The number of amides is 4. The van der Waals surface area contributed by atoms with Crippen LogP contribution in [0.5, 0.6) is 11.5 Å². The number of carbonyl (C=O) groups is 5. The number of fused-ring (bicyclic) bond motifs is 1. The van der Waals surface area contributed by atoms with Crippen molar-refractivity contribution in [3.63, 3.8) is 0 Å². The predicted molar refractivity (Wildman–Crippen MR) is 259 cm³/mol. The minimum absolute atomic E-state index is 0.00962. The van der Waals surface area contributed by atoms with Crippen LogP contribution >= 0.6 is 54.0 Å². The number of benzene rings is 3. The third kappa shape index (κ3) is 16.6. The lowest BCUT2D eigenvalue weighted by atomic mass is 10.0. The molecule has 1 saturated heterocycles. The highest BCUT2D eigenvalue weighted by molar-refractivity contribution is 7.51. The van der Waals surface area contributed by atoms with E-state index in [4.69, 9.17) is 80.2 Å². The fraction of sp³-hybridized carbons (Fsp3) is 0.444. The topological polar surface area (TPSA) is 222 Å². The van der Waals surface area contributed by atoms with Gasteiger partial charge in [0.05, 0.1) is 47.1 Å². The molecular weight excluding hydrogens is 996 g/mol. The lowest BCUT2D eigenvalue weighted by Gasteiger charge is -2.35.